The normalized spacial score (nSPS) is 10.8. The van der Waals surface area contributed by atoms with E-state index in [1.807, 2.05) is 84.7 Å². The summed E-state index contributed by atoms with van der Waals surface area (Å²) in [7, 11) is 3.52. The lowest BCUT2D eigenvalue weighted by Crippen LogP contribution is -2.37. The van der Waals surface area contributed by atoms with Gasteiger partial charge in [-0.15, -0.1) is 0 Å². The van der Waals surface area contributed by atoms with Crippen molar-refractivity contribution < 1.29 is 9.59 Å². The second-order valence-electron chi connectivity index (χ2n) is 7.27. The molecule has 0 bridgehead atoms. The Morgan fingerprint density at radius 3 is 1.87 bits per heavy atom. The van der Waals surface area contributed by atoms with E-state index >= 15 is 0 Å². The van der Waals surface area contributed by atoms with Crippen molar-refractivity contribution in [3.8, 4) is 0 Å². The molecule has 3 rings (SSSR count). The van der Waals surface area contributed by atoms with Gasteiger partial charge in [0, 0.05) is 19.2 Å². The predicted molar refractivity (Wildman–Crippen MR) is 119 cm³/mol. The third-order valence-corrected chi connectivity index (χ3v) is 4.88. The summed E-state index contributed by atoms with van der Waals surface area (Å²) in [5, 5.41) is 5.77. The molecule has 0 spiro atoms. The summed E-state index contributed by atoms with van der Waals surface area (Å²) in [4.78, 5) is 26.4. The average Bonchev–Trinajstić information content (AvgIpc) is 2.78. The lowest BCUT2D eigenvalue weighted by molar-refractivity contribution is -0.122. The molecule has 0 aliphatic carbocycles. The van der Waals surface area contributed by atoms with Crippen LogP contribution in [0.2, 0.25) is 0 Å². The first kappa shape index (κ1) is 21.3. The fourth-order valence-corrected chi connectivity index (χ4v) is 3.38. The molecule has 0 radical (unpaired) electrons. The minimum atomic E-state index is -0.194. The van der Waals surface area contributed by atoms with Crippen LogP contribution in [0.15, 0.2) is 84.9 Å². The molecule has 30 heavy (non-hydrogen) atoms. The van der Waals surface area contributed by atoms with E-state index in [4.69, 9.17) is 0 Å². The first-order valence-electron chi connectivity index (χ1n) is 9.95. The molecule has 5 nitrogen and oxygen atoms in total. The van der Waals surface area contributed by atoms with Crippen molar-refractivity contribution >= 4 is 11.8 Å². The molecule has 0 atom stereocenters. The van der Waals surface area contributed by atoms with Crippen LogP contribution in [0.5, 0.6) is 0 Å². The number of hydrogen-bond donors (Lipinski definition) is 2. The topological polar surface area (TPSA) is 61.4 Å². The Kier molecular flexibility index (Phi) is 7.35. The maximum atomic E-state index is 12.8. The van der Waals surface area contributed by atoms with Crippen LogP contribution in [0.3, 0.4) is 0 Å². The fourth-order valence-electron chi connectivity index (χ4n) is 3.38. The van der Waals surface area contributed by atoms with Gasteiger partial charge in [0.15, 0.2) is 0 Å². The summed E-state index contributed by atoms with van der Waals surface area (Å²) < 4.78 is 0. The number of hydrogen-bond acceptors (Lipinski definition) is 3. The van der Waals surface area contributed by atoms with Crippen LogP contribution >= 0.6 is 0 Å². The fraction of sp³-hybridized carbons (Fsp3) is 0.200. The minimum Gasteiger partial charge on any atom is -0.355 e. The molecule has 5 heteroatoms. The summed E-state index contributed by atoms with van der Waals surface area (Å²) in [5.74, 6) is -0.153. The Hall–Kier alpha value is -3.44. The molecule has 2 amide bonds. The third-order valence-electron chi connectivity index (χ3n) is 4.88. The summed E-state index contributed by atoms with van der Waals surface area (Å²) in [6.07, 6.45) is 0. The van der Waals surface area contributed by atoms with Gasteiger partial charge in [0.25, 0.3) is 5.91 Å². The summed E-state index contributed by atoms with van der Waals surface area (Å²) in [5.41, 5.74) is 3.75. The highest BCUT2D eigenvalue weighted by Crippen LogP contribution is 2.21. The predicted octanol–water partition coefficient (Wildman–Crippen LogP) is 3.38. The number of nitrogens with one attached hydrogen (secondary N) is 2. The second-order valence-corrected chi connectivity index (χ2v) is 7.27. The van der Waals surface area contributed by atoms with E-state index in [0.717, 1.165) is 16.7 Å². The molecule has 0 heterocycles. The van der Waals surface area contributed by atoms with Crippen LogP contribution in [0, 0.1) is 0 Å². The van der Waals surface area contributed by atoms with E-state index in [0.29, 0.717) is 12.1 Å². The van der Waals surface area contributed by atoms with Crippen molar-refractivity contribution in [2.75, 3.05) is 20.6 Å². The van der Waals surface area contributed by atoms with Crippen LogP contribution in [0.25, 0.3) is 0 Å². The van der Waals surface area contributed by atoms with Gasteiger partial charge in [-0.1, -0.05) is 72.8 Å². The van der Waals surface area contributed by atoms with Crippen molar-refractivity contribution in [3.63, 3.8) is 0 Å². The number of nitrogens with zero attached hydrogens (tertiary/aromatic N) is 1. The van der Waals surface area contributed by atoms with Crippen molar-refractivity contribution in [1.82, 2.24) is 15.5 Å². The highest BCUT2D eigenvalue weighted by atomic mass is 16.2. The molecular weight excluding hydrogens is 374 g/mol. The number of carbonyl (C=O) groups excluding carboxylic acids is 2. The Labute approximate surface area is 177 Å². The quantitative estimate of drug-likeness (QED) is 0.608. The van der Waals surface area contributed by atoms with E-state index in [1.165, 1.54) is 0 Å². The van der Waals surface area contributed by atoms with Crippen LogP contribution in [-0.2, 0) is 11.3 Å². The highest BCUT2D eigenvalue weighted by molar-refractivity contribution is 5.93. The van der Waals surface area contributed by atoms with Crippen molar-refractivity contribution in [3.05, 3.63) is 107 Å². The monoisotopic (exact) mass is 401 g/mol. The van der Waals surface area contributed by atoms with Gasteiger partial charge in [-0.2, -0.15) is 0 Å². The molecule has 0 aromatic heterocycles. The standard InChI is InChI=1S/C25H27N3O2/c1-26-25(30)22-15-13-19(14-16-22)17-28(2)18-23(29)27-24(20-9-5-3-6-10-20)21-11-7-4-8-12-21/h3-16,24H,17-18H2,1-2H3,(H,26,30)(H,27,29). The minimum absolute atomic E-state index is 0.0443. The molecule has 0 fully saturated rings. The zero-order valence-corrected chi connectivity index (χ0v) is 17.3. The zero-order chi connectivity index (χ0) is 21.3. The maximum Gasteiger partial charge on any atom is 0.251 e. The van der Waals surface area contributed by atoms with Gasteiger partial charge < -0.3 is 10.6 Å². The van der Waals surface area contributed by atoms with Gasteiger partial charge in [-0.05, 0) is 35.9 Å². The zero-order valence-electron chi connectivity index (χ0n) is 17.3. The van der Waals surface area contributed by atoms with Crippen LogP contribution < -0.4 is 10.6 Å². The van der Waals surface area contributed by atoms with Gasteiger partial charge in [0.05, 0.1) is 12.6 Å². The molecule has 0 saturated carbocycles. The van der Waals surface area contributed by atoms with Gasteiger partial charge >= 0.3 is 0 Å². The smallest absolute Gasteiger partial charge is 0.251 e. The van der Waals surface area contributed by atoms with Crippen LogP contribution in [0.4, 0.5) is 0 Å². The number of rotatable bonds is 8. The van der Waals surface area contributed by atoms with Crippen LogP contribution in [0.1, 0.15) is 33.1 Å². The molecule has 3 aromatic carbocycles. The molecule has 3 aromatic rings. The Balaban J connectivity index is 1.63. The van der Waals surface area contributed by atoms with Crippen molar-refractivity contribution in [1.29, 1.82) is 0 Å². The summed E-state index contributed by atoms with van der Waals surface area (Å²) >= 11 is 0. The molecule has 154 valence electrons. The lowest BCUT2D eigenvalue weighted by Gasteiger charge is -2.22. The molecule has 0 unspecified atom stereocenters. The third kappa shape index (κ3) is 5.78. The van der Waals surface area contributed by atoms with E-state index in [2.05, 4.69) is 10.6 Å². The van der Waals surface area contributed by atoms with Crippen molar-refractivity contribution in [2.24, 2.45) is 0 Å². The summed E-state index contributed by atoms with van der Waals surface area (Å²) in [6.45, 7) is 0.885. The molecular formula is C25H27N3O2. The maximum absolute atomic E-state index is 12.8. The second kappa shape index (κ2) is 10.4. The van der Waals surface area contributed by atoms with E-state index in [9.17, 15) is 9.59 Å². The Morgan fingerprint density at radius 2 is 1.37 bits per heavy atom. The van der Waals surface area contributed by atoms with Gasteiger partial charge in [0.1, 0.15) is 0 Å². The average molecular weight is 402 g/mol. The van der Waals surface area contributed by atoms with E-state index < -0.39 is 0 Å². The molecule has 0 saturated heterocycles. The SMILES string of the molecule is CNC(=O)c1ccc(CN(C)CC(=O)NC(c2ccccc2)c2ccccc2)cc1. The number of carbonyl (C=O) groups is 2. The van der Waals surface area contributed by atoms with Gasteiger partial charge in [-0.25, -0.2) is 0 Å². The Morgan fingerprint density at radius 1 is 0.833 bits per heavy atom. The first-order chi connectivity index (χ1) is 14.6. The summed E-state index contributed by atoms with van der Waals surface area (Å²) in [6, 6.07) is 27.2. The van der Waals surface area contributed by atoms with E-state index in [1.54, 1.807) is 19.2 Å². The number of likely N-dealkylation sites (N-methyl/N-ethyl adjacent to an activating group) is 1. The number of benzene rings is 3. The van der Waals surface area contributed by atoms with Crippen LogP contribution in [-0.4, -0.2) is 37.4 Å². The van der Waals surface area contributed by atoms with Crippen molar-refractivity contribution in [2.45, 2.75) is 12.6 Å². The van der Waals surface area contributed by atoms with Gasteiger partial charge in [-0.3, -0.25) is 14.5 Å². The Bertz CT molecular complexity index is 917. The lowest BCUT2D eigenvalue weighted by atomic mass is 9.99. The first-order valence-corrected chi connectivity index (χ1v) is 9.95. The number of amides is 2. The molecule has 2 N–H and O–H groups in total. The highest BCUT2D eigenvalue weighted by Gasteiger charge is 2.17. The molecule has 0 aliphatic heterocycles. The van der Waals surface area contributed by atoms with E-state index in [-0.39, 0.29) is 24.4 Å². The largest absolute Gasteiger partial charge is 0.355 e. The van der Waals surface area contributed by atoms with Gasteiger partial charge in [0.2, 0.25) is 5.91 Å². The molecule has 0 aliphatic rings.